The summed E-state index contributed by atoms with van der Waals surface area (Å²) in [6, 6.07) is 21.1. The average Bonchev–Trinajstić information content (AvgIpc) is 3.17. The van der Waals surface area contributed by atoms with Crippen LogP contribution in [0.4, 0.5) is 5.69 Å². The largest absolute Gasteiger partial charge is 0.319 e. The van der Waals surface area contributed by atoms with Crippen LogP contribution < -0.4 is 5.32 Å². The van der Waals surface area contributed by atoms with Crippen LogP contribution in [0.15, 0.2) is 80.1 Å². The number of hydrogen-bond donors (Lipinski definition) is 1. The van der Waals surface area contributed by atoms with E-state index in [4.69, 9.17) is 0 Å². The molecule has 0 spiro atoms. The Morgan fingerprint density at radius 2 is 1.47 bits per heavy atom. The summed E-state index contributed by atoms with van der Waals surface area (Å²) in [6.45, 7) is 1.93. The molecule has 0 aliphatic heterocycles. The molecule has 3 aromatic carbocycles. The van der Waals surface area contributed by atoms with E-state index in [9.17, 15) is 4.79 Å². The third-order valence-corrected chi connectivity index (χ3v) is 5.97. The molecule has 1 amide bonds. The maximum atomic E-state index is 12.9. The topological polar surface area (TPSA) is 59.8 Å². The zero-order valence-electron chi connectivity index (χ0n) is 15.7. The molecule has 1 N–H and O–H groups in total. The molecule has 0 radical (unpaired) electrons. The van der Waals surface area contributed by atoms with Crippen molar-refractivity contribution in [3.8, 4) is 17.1 Å². The molecule has 0 fully saturated rings. The molecule has 0 bridgehead atoms. The molecule has 4 rings (SSSR count). The van der Waals surface area contributed by atoms with E-state index in [1.165, 1.54) is 0 Å². The highest BCUT2D eigenvalue weighted by Crippen LogP contribution is 2.25. The van der Waals surface area contributed by atoms with E-state index in [-0.39, 0.29) is 11.7 Å². The number of halogens is 3. The fourth-order valence-electron chi connectivity index (χ4n) is 2.90. The van der Waals surface area contributed by atoms with Crippen LogP contribution in [0.5, 0.6) is 0 Å². The van der Waals surface area contributed by atoms with Gasteiger partial charge in [-0.3, -0.25) is 4.79 Å². The molecule has 4 aromatic rings. The monoisotopic (exact) mass is 588 g/mol. The van der Waals surface area contributed by atoms with Gasteiger partial charge in [0.2, 0.25) is 5.82 Å². The fourth-order valence-corrected chi connectivity index (χ4v) is 3.91. The summed E-state index contributed by atoms with van der Waals surface area (Å²) in [6.07, 6.45) is 0. The van der Waals surface area contributed by atoms with Crippen LogP contribution >= 0.6 is 47.8 Å². The van der Waals surface area contributed by atoms with Crippen LogP contribution in [0.1, 0.15) is 16.2 Å². The zero-order chi connectivity index (χ0) is 21.3. The van der Waals surface area contributed by atoms with Crippen LogP contribution in [0.25, 0.3) is 17.1 Å². The van der Waals surface area contributed by atoms with Crippen LogP contribution in [0.2, 0.25) is 0 Å². The molecule has 0 atom stereocenters. The molecule has 1 aromatic heterocycles. The minimum atomic E-state index is -0.366. The molecule has 0 saturated carbocycles. The van der Waals surface area contributed by atoms with Gasteiger partial charge < -0.3 is 5.32 Å². The summed E-state index contributed by atoms with van der Waals surface area (Å²) in [5, 5.41) is 7.41. The number of amides is 1. The summed E-state index contributed by atoms with van der Waals surface area (Å²) in [5.74, 6) is 0.315. The van der Waals surface area contributed by atoms with Gasteiger partial charge in [0, 0.05) is 24.7 Å². The Kier molecular flexibility index (Phi) is 6.17. The molecule has 5 nitrogen and oxygen atoms in total. The molecule has 8 heteroatoms. The van der Waals surface area contributed by atoms with E-state index in [1.54, 1.807) is 4.68 Å². The van der Waals surface area contributed by atoms with Gasteiger partial charge >= 0.3 is 0 Å². The first-order valence-corrected chi connectivity index (χ1v) is 11.3. The van der Waals surface area contributed by atoms with Crippen LogP contribution in [-0.2, 0) is 0 Å². The van der Waals surface area contributed by atoms with Gasteiger partial charge in [0.25, 0.3) is 5.91 Å². The predicted molar refractivity (Wildman–Crippen MR) is 129 cm³/mol. The van der Waals surface area contributed by atoms with Crippen molar-refractivity contribution in [2.24, 2.45) is 0 Å². The Morgan fingerprint density at radius 1 is 0.867 bits per heavy atom. The molecule has 0 saturated heterocycles. The Hall–Kier alpha value is -2.29. The van der Waals surface area contributed by atoms with Crippen molar-refractivity contribution in [3.63, 3.8) is 0 Å². The summed E-state index contributed by atoms with van der Waals surface area (Å²) in [7, 11) is 0. The standard InChI is InChI=1S/C22H15Br3N4O/c1-13-12-17(25)8-11-19(13)26-22(30)20-27-21(14-2-4-15(23)5-3-14)29(28-20)18-9-6-16(24)7-10-18/h2-12H,1H3,(H,26,30). The first-order valence-electron chi connectivity index (χ1n) is 8.97. The van der Waals surface area contributed by atoms with Gasteiger partial charge in [-0.05, 0) is 67.1 Å². The minimum absolute atomic E-state index is 0.0955. The number of rotatable bonds is 4. The SMILES string of the molecule is Cc1cc(Br)ccc1NC(=O)c1nc(-c2ccc(Br)cc2)n(-c2ccc(Br)cc2)n1. The molecule has 150 valence electrons. The van der Waals surface area contributed by atoms with Crippen LogP contribution in [0.3, 0.4) is 0 Å². The quantitative estimate of drug-likeness (QED) is 0.285. The van der Waals surface area contributed by atoms with Crippen LogP contribution in [-0.4, -0.2) is 20.7 Å². The van der Waals surface area contributed by atoms with Gasteiger partial charge in [-0.1, -0.05) is 59.9 Å². The number of carbonyl (C=O) groups excluding carboxylic acids is 1. The summed E-state index contributed by atoms with van der Waals surface area (Å²) in [5.41, 5.74) is 3.32. The fraction of sp³-hybridized carbons (Fsp3) is 0.0455. The summed E-state index contributed by atoms with van der Waals surface area (Å²) in [4.78, 5) is 17.5. The first kappa shape index (κ1) is 21.0. The Labute approximate surface area is 198 Å². The third-order valence-electron chi connectivity index (χ3n) is 4.42. The van der Waals surface area contributed by atoms with Gasteiger partial charge in [0.15, 0.2) is 5.82 Å². The summed E-state index contributed by atoms with van der Waals surface area (Å²) >= 11 is 10.3. The smallest absolute Gasteiger partial charge is 0.295 e. The number of hydrogen-bond acceptors (Lipinski definition) is 3. The second kappa shape index (κ2) is 8.83. The number of anilines is 1. The maximum absolute atomic E-state index is 12.9. The first-order chi connectivity index (χ1) is 14.4. The predicted octanol–water partition coefficient (Wildman–Crippen LogP) is 6.78. The molecular formula is C22H15Br3N4O. The van der Waals surface area contributed by atoms with E-state index in [0.29, 0.717) is 11.5 Å². The van der Waals surface area contributed by atoms with E-state index in [2.05, 4.69) is 63.2 Å². The third kappa shape index (κ3) is 4.55. The van der Waals surface area contributed by atoms with Crippen LogP contribution in [0, 0.1) is 6.92 Å². The highest BCUT2D eigenvalue weighted by Gasteiger charge is 2.19. The Balaban J connectivity index is 1.75. The highest BCUT2D eigenvalue weighted by molar-refractivity contribution is 9.11. The minimum Gasteiger partial charge on any atom is -0.319 e. The molecule has 30 heavy (non-hydrogen) atoms. The summed E-state index contributed by atoms with van der Waals surface area (Å²) < 4.78 is 4.55. The number of benzene rings is 3. The Bertz CT molecular complexity index is 1160. The molecule has 0 aliphatic rings. The Morgan fingerprint density at radius 3 is 2.10 bits per heavy atom. The maximum Gasteiger partial charge on any atom is 0.295 e. The van der Waals surface area contributed by atoms with Crippen molar-refractivity contribution >= 4 is 59.4 Å². The van der Waals surface area contributed by atoms with E-state index < -0.39 is 0 Å². The molecular weight excluding hydrogens is 576 g/mol. The lowest BCUT2D eigenvalue weighted by atomic mass is 10.2. The molecule has 0 aliphatic carbocycles. The highest BCUT2D eigenvalue weighted by atomic mass is 79.9. The second-order valence-corrected chi connectivity index (χ2v) is 9.31. The van der Waals surface area contributed by atoms with E-state index in [1.807, 2.05) is 73.7 Å². The van der Waals surface area contributed by atoms with Gasteiger partial charge in [-0.2, -0.15) is 0 Å². The number of aryl methyl sites for hydroxylation is 1. The number of carbonyl (C=O) groups is 1. The molecule has 0 unspecified atom stereocenters. The number of aromatic nitrogens is 3. The lowest BCUT2D eigenvalue weighted by Gasteiger charge is -2.07. The second-order valence-electron chi connectivity index (χ2n) is 6.57. The zero-order valence-corrected chi connectivity index (χ0v) is 20.5. The van der Waals surface area contributed by atoms with Gasteiger partial charge in [-0.15, -0.1) is 5.10 Å². The van der Waals surface area contributed by atoms with Crippen molar-refractivity contribution in [1.82, 2.24) is 14.8 Å². The van der Waals surface area contributed by atoms with Gasteiger partial charge in [0.05, 0.1) is 5.69 Å². The van der Waals surface area contributed by atoms with Crippen molar-refractivity contribution in [2.75, 3.05) is 5.32 Å². The average molecular weight is 591 g/mol. The van der Waals surface area contributed by atoms with E-state index in [0.717, 1.165) is 30.2 Å². The van der Waals surface area contributed by atoms with Crippen molar-refractivity contribution in [2.45, 2.75) is 6.92 Å². The van der Waals surface area contributed by atoms with Gasteiger partial charge in [0.1, 0.15) is 0 Å². The lowest BCUT2D eigenvalue weighted by Crippen LogP contribution is -2.15. The van der Waals surface area contributed by atoms with Crippen molar-refractivity contribution < 1.29 is 4.79 Å². The number of nitrogens with one attached hydrogen (secondary N) is 1. The van der Waals surface area contributed by atoms with E-state index >= 15 is 0 Å². The molecule has 1 heterocycles. The normalized spacial score (nSPS) is 10.8. The van der Waals surface area contributed by atoms with Crippen molar-refractivity contribution in [3.05, 3.63) is 91.5 Å². The number of nitrogens with zero attached hydrogens (tertiary/aromatic N) is 3. The van der Waals surface area contributed by atoms with Gasteiger partial charge in [-0.25, -0.2) is 9.67 Å². The van der Waals surface area contributed by atoms with Crippen molar-refractivity contribution in [1.29, 1.82) is 0 Å². The lowest BCUT2D eigenvalue weighted by molar-refractivity contribution is 0.101.